The number of carboxylic acids is 1. The first-order valence-corrected chi connectivity index (χ1v) is 7.86. The molecule has 5 nitrogen and oxygen atoms in total. The fraction of sp³-hybridized carbons (Fsp3) is 0.571. The highest BCUT2D eigenvalue weighted by Crippen LogP contribution is 2.41. The van der Waals surface area contributed by atoms with Crippen LogP contribution in [0.1, 0.15) is 37.8 Å². The molecule has 1 aromatic rings. The molecule has 6 heteroatoms. The van der Waals surface area contributed by atoms with E-state index < -0.39 is 11.9 Å². The molecular weight excluding hydrogens is 276 g/mol. The van der Waals surface area contributed by atoms with Gasteiger partial charge in [0.15, 0.2) is 0 Å². The first-order valence-electron chi connectivity index (χ1n) is 6.91. The van der Waals surface area contributed by atoms with E-state index in [1.54, 1.807) is 16.2 Å². The van der Waals surface area contributed by atoms with Crippen molar-refractivity contribution in [3.05, 3.63) is 22.4 Å². The Morgan fingerprint density at radius 2 is 2.30 bits per heavy atom. The van der Waals surface area contributed by atoms with Crippen LogP contribution in [-0.4, -0.2) is 34.1 Å². The van der Waals surface area contributed by atoms with Crippen molar-refractivity contribution >= 4 is 23.3 Å². The van der Waals surface area contributed by atoms with Crippen LogP contribution in [0.15, 0.2) is 16.8 Å². The maximum Gasteiger partial charge on any atom is 0.318 e. The van der Waals surface area contributed by atoms with Gasteiger partial charge in [-0.3, -0.25) is 4.79 Å². The van der Waals surface area contributed by atoms with Crippen molar-refractivity contribution < 1.29 is 14.7 Å². The van der Waals surface area contributed by atoms with Crippen molar-refractivity contribution in [1.82, 2.24) is 10.2 Å². The number of rotatable bonds is 3. The third-order valence-electron chi connectivity index (χ3n) is 4.47. The van der Waals surface area contributed by atoms with Gasteiger partial charge in [-0.15, -0.1) is 0 Å². The molecule has 20 heavy (non-hydrogen) atoms. The summed E-state index contributed by atoms with van der Waals surface area (Å²) in [5.41, 5.74) is 1.09. The smallest absolute Gasteiger partial charge is 0.318 e. The lowest BCUT2D eigenvalue weighted by atomic mass is 9.89. The molecule has 2 N–H and O–H groups in total. The number of hydrogen-bond acceptors (Lipinski definition) is 3. The number of amides is 2. The molecule has 4 atom stereocenters. The number of nitrogens with one attached hydrogen (secondary N) is 1. The van der Waals surface area contributed by atoms with Crippen LogP contribution in [0.2, 0.25) is 0 Å². The monoisotopic (exact) mass is 294 g/mol. The summed E-state index contributed by atoms with van der Waals surface area (Å²) in [6.45, 7) is 1.95. The van der Waals surface area contributed by atoms with Crippen molar-refractivity contribution in [3.63, 3.8) is 0 Å². The Labute approximate surface area is 121 Å². The summed E-state index contributed by atoms with van der Waals surface area (Å²) in [7, 11) is 0. The molecule has 0 radical (unpaired) electrons. The second-order valence-corrected chi connectivity index (χ2v) is 6.39. The van der Waals surface area contributed by atoms with Crippen molar-refractivity contribution in [2.45, 2.75) is 44.3 Å². The molecule has 2 saturated heterocycles. The van der Waals surface area contributed by atoms with E-state index in [1.807, 2.05) is 23.8 Å². The van der Waals surface area contributed by atoms with Crippen molar-refractivity contribution in [1.29, 1.82) is 0 Å². The van der Waals surface area contributed by atoms with E-state index in [4.69, 9.17) is 0 Å². The van der Waals surface area contributed by atoms with Crippen molar-refractivity contribution in [3.8, 4) is 0 Å². The molecule has 3 heterocycles. The zero-order valence-electron chi connectivity index (χ0n) is 11.3. The number of carboxylic acid groups (broad SMARTS) is 1. The zero-order chi connectivity index (χ0) is 14.3. The Hall–Kier alpha value is -1.56. The second kappa shape index (κ2) is 5.09. The zero-order valence-corrected chi connectivity index (χ0v) is 12.1. The first-order chi connectivity index (χ1) is 9.58. The number of fused-ring (bicyclic) bond motifs is 2. The number of nitrogens with zero attached hydrogens (tertiary/aromatic N) is 1. The number of carbonyl (C=O) groups is 2. The molecule has 2 aliphatic heterocycles. The number of carbonyl (C=O) groups excluding carboxylic acids is 1. The summed E-state index contributed by atoms with van der Waals surface area (Å²) < 4.78 is 0. The maximum atomic E-state index is 12.4. The van der Waals surface area contributed by atoms with E-state index in [1.165, 1.54) is 0 Å². The summed E-state index contributed by atoms with van der Waals surface area (Å²) in [5, 5.41) is 16.2. The molecule has 3 rings (SSSR count). The van der Waals surface area contributed by atoms with Gasteiger partial charge in [0.25, 0.3) is 0 Å². The molecule has 108 valence electrons. The lowest BCUT2D eigenvalue weighted by molar-refractivity contribution is -0.142. The van der Waals surface area contributed by atoms with E-state index in [-0.39, 0.29) is 24.2 Å². The van der Waals surface area contributed by atoms with Crippen molar-refractivity contribution in [2.24, 2.45) is 5.92 Å². The van der Waals surface area contributed by atoms with Crippen LogP contribution in [0.3, 0.4) is 0 Å². The minimum Gasteiger partial charge on any atom is -0.481 e. The van der Waals surface area contributed by atoms with Gasteiger partial charge in [-0.05, 0) is 48.6 Å². The number of urea groups is 1. The predicted molar refractivity (Wildman–Crippen MR) is 75.7 cm³/mol. The predicted octanol–water partition coefficient (Wildman–Crippen LogP) is 2.46. The van der Waals surface area contributed by atoms with E-state index >= 15 is 0 Å². The summed E-state index contributed by atoms with van der Waals surface area (Å²) in [4.78, 5) is 25.4. The topological polar surface area (TPSA) is 69.6 Å². The Morgan fingerprint density at radius 1 is 1.50 bits per heavy atom. The second-order valence-electron chi connectivity index (χ2n) is 5.61. The maximum absolute atomic E-state index is 12.4. The molecule has 2 amide bonds. The van der Waals surface area contributed by atoms with E-state index in [2.05, 4.69) is 5.32 Å². The molecule has 2 bridgehead atoms. The summed E-state index contributed by atoms with van der Waals surface area (Å²) >= 11 is 1.60. The van der Waals surface area contributed by atoms with Crippen LogP contribution in [0.5, 0.6) is 0 Å². The Bertz CT molecular complexity index is 516. The molecule has 0 aromatic carbocycles. The molecular formula is C14H18N2O3S. The highest BCUT2D eigenvalue weighted by atomic mass is 32.1. The van der Waals surface area contributed by atoms with E-state index in [0.717, 1.165) is 18.4 Å². The van der Waals surface area contributed by atoms with E-state index in [0.29, 0.717) is 6.42 Å². The number of aliphatic carboxylic acids is 1. The normalized spacial score (nSPS) is 29.4. The summed E-state index contributed by atoms with van der Waals surface area (Å²) in [6, 6.07) is 1.79. The molecule has 2 fully saturated rings. The van der Waals surface area contributed by atoms with Gasteiger partial charge in [-0.25, -0.2) is 4.79 Å². The number of thiophene rings is 1. The minimum absolute atomic E-state index is 0.0444. The Kier molecular flexibility index (Phi) is 3.41. The Morgan fingerprint density at radius 3 is 2.90 bits per heavy atom. The van der Waals surface area contributed by atoms with Crippen LogP contribution in [-0.2, 0) is 4.79 Å². The van der Waals surface area contributed by atoms with Crippen LogP contribution in [0.4, 0.5) is 4.79 Å². The SMILES string of the molecule is CC(NC(=O)N1C2CCC1C(C(=O)O)C2)c1ccsc1. The van der Waals surface area contributed by atoms with Gasteiger partial charge in [-0.1, -0.05) is 0 Å². The average molecular weight is 294 g/mol. The minimum atomic E-state index is -0.777. The quantitative estimate of drug-likeness (QED) is 0.899. The molecule has 2 aliphatic rings. The fourth-order valence-electron chi connectivity index (χ4n) is 3.44. The Balaban J connectivity index is 1.68. The fourth-order valence-corrected chi connectivity index (χ4v) is 4.19. The largest absolute Gasteiger partial charge is 0.481 e. The molecule has 4 unspecified atom stereocenters. The molecule has 0 aliphatic carbocycles. The highest BCUT2D eigenvalue weighted by molar-refractivity contribution is 7.07. The van der Waals surface area contributed by atoms with Crippen LogP contribution < -0.4 is 5.32 Å². The standard InChI is InChI=1S/C14H18N2O3S/c1-8(9-4-5-20-7-9)15-14(19)16-10-2-3-12(16)11(6-10)13(17)18/h4-5,7-8,10-12H,2-3,6H2,1H3,(H,15,19)(H,17,18). The van der Waals surface area contributed by atoms with E-state index in [9.17, 15) is 14.7 Å². The third-order valence-corrected chi connectivity index (χ3v) is 5.17. The molecule has 1 aromatic heterocycles. The molecule has 0 spiro atoms. The third kappa shape index (κ3) is 2.18. The molecule has 0 saturated carbocycles. The van der Waals surface area contributed by atoms with Crippen LogP contribution >= 0.6 is 11.3 Å². The van der Waals surface area contributed by atoms with Gasteiger partial charge in [0.1, 0.15) is 0 Å². The van der Waals surface area contributed by atoms with Gasteiger partial charge in [-0.2, -0.15) is 11.3 Å². The van der Waals surface area contributed by atoms with Crippen LogP contribution in [0, 0.1) is 5.92 Å². The summed E-state index contributed by atoms with van der Waals surface area (Å²) in [6.07, 6.45) is 2.33. The summed E-state index contributed by atoms with van der Waals surface area (Å²) in [5.74, 6) is -1.17. The van der Waals surface area contributed by atoms with Gasteiger partial charge in [0.2, 0.25) is 0 Å². The lowest BCUT2D eigenvalue weighted by Gasteiger charge is -2.25. The van der Waals surface area contributed by atoms with Gasteiger partial charge in [0.05, 0.1) is 12.0 Å². The van der Waals surface area contributed by atoms with Gasteiger partial charge in [0, 0.05) is 12.1 Å². The van der Waals surface area contributed by atoms with Crippen LogP contribution in [0.25, 0.3) is 0 Å². The number of hydrogen-bond donors (Lipinski definition) is 2. The highest BCUT2D eigenvalue weighted by Gasteiger charge is 2.51. The average Bonchev–Trinajstić information content (AvgIpc) is 3.13. The van der Waals surface area contributed by atoms with Crippen molar-refractivity contribution in [2.75, 3.05) is 0 Å². The first kappa shape index (κ1) is 13.4. The van der Waals surface area contributed by atoms with Gasteiger partial charge < -0.3 is 15.3 Å². The van der Waals surface area contributed by atoms with Gasteiger partial charge >= 0.3 is 12.0 Å². The lowest BCUT2D eigenvalue weighted by Crippen LogP contribution is -2.45.